The summed E-state index contributed by atoms with van der Waals surface area (Å²) in [7, 11) is 0. The van der Waals surface area contributed by atoms with Crippen LogP contribution in [0.4, 0.5) is 11.4 Å². The number of carbonyl (C=O) groups excluding carboxylic acids is 3. The summed E-state index contributed by atoms with van der Waals surface area (Å²) in [4.78, 5) is 41.5. The molecule has 9 heteroatoms. The zero-order valence-corrected chi connectivity index (χ0v) is 21.6. The first-order valence-corrected chi connectivity index (χ1v) is 12.9. The predicted molar refractivity (Wildman–Crippen MR) is 142 cm³/mol. The zero-order chi connectivity index (χ0) is 26.2. The van der Waals surface area contributed by atoms with Gasteiger partial charge in [0.25, 0.3) is 5.91 Å². The molecule has 4 rings (SSSR count). The lowest BCUT2D eigenvalue weighted by Gasteiger charge is -2.26. The molecule has 198 valence electrons. The largest absolute Gasteiger partial charge is 0.484 e. The van der Waals surface area contributed by atoms with Gasteiger partial charge >= 0.3 is 0 Å². The van der Waals surface area contributed by atoms with Gasteiger partial charge in [-0.15, -0.1) is 0 Å². The van der Waals surface area contributed by atoms with Crippen LogP contribution >= 0.6 is 0 Å². The standard InChI is InChI=1S/C28H36N4O5/c1-20-5-3-6-25(21(20)2)30-26(33)19-37-24-9-7-23(8-10-24)32-18-22(17-27(32)34)28(35)29-11-4-12-31-13-15-36-16-14-31/h3,5-10,22H,4,11-19H2,1-2H3,(H,29,35)(H,30,33)/t22-/m0/s1. The third-order valence-electron chi connectivity index (χ3n) is 6.95. The van der Waals surface area contributed by atoms with Crippen molar-refractivity contribution in [3.05, 3.63) is 53.6 Å². The number of nitrogens with one attached hydrogen (secondary N) is 2. The maximum atomic E-state index is 12.6. The van der Waals surface area contributed by atoms with Crippen molar-refractivity contribution in [2.24, 2.45) is 5.92 Å². The predicted octanol–water partition coefficient (Wildman–Crippen LogP) is 2.51. The van der Waals surface area contributed by atoms with Gasteiger partial charge in [-0.2, -0.15) is 0 Å². The summed E-state index contributed by atoms with van der Waals surface area (Å²) >= 11 is 0. The molecular weight excluding hydrogens is 472 g/mol. The molecule has 37 heavy (non-hydrogen) atoms. The average molecular weight is 509 g/mol. The van der Waals surface area contributed by atoms with E-state index >= 15 is 0 Å². The molecule has 9 nitrogen and oxygen atoms in total. The molecule has 0 unspecified atom stereocenters. The second kappa shape index (κ2) is 12.7. The van der Waals surface area contributed by atoms with E-state index < -0.39 is 0 Å². The molecule has 2 heterocycles. The van der Waals surface area contributed by atoms with Crippen molar-refractivity contribution < 1.29 is 23.9 Å². The van der Waals surface area contributed by atoms with Crippen molar-refractivity contribution in [1.29, 1.82) is 0 Å². The van der Waals surface area contributed by atoms with Crippen LogP contribution in [-0.4, -0.2) is 75.2 Å². The fourth-order valence-electron chi connectivity index (χ4n) is 4.56. The highest BCUT2D eigenvalue weighted by molar-refractivity contribution is 6.00. The summed E-state index contributed by atoms with van der Waals surface area (Å²) < 4.78 is 11.0. The Bertz CT molecular complexity index is 1100. The number of ether oxygens (including phenoxy) is 2. The molecule has 0 radical (unpaired) electrons. The lowest BCUT2D eigenvalue weighted by molar-refractivity contribution is -0.126. The van der Waals surface area contributed by atoms with Crippen LogP contribution in [0.2, 0.25) is 0 Å². The number of rotatable bonds is 10. The van der Waals surface area contributed by atoms with E-state index in [9.17, 15) is 14.4 Å². The first kappa shape index (κ1) is 26.6. The van der Waals surface area contributed by atoms with Crippen molar-refractivity contribution in [2.45, 2.75) is 26.7 Å². The summed E-state index contributed by atoms with van der Waals surface area (Å²) in [6.45, 7) is 9.13. The molecule has 2 N–H and O–H groups in total. The Morgan fingerprint density at radius 1 is 1.08 bits per heavy atom. The summed E-state index contributed by atoms with van der Waals surface area (Å²) in [6.07, 6.45) is 1.08. The smallest absolute Gasteiger partial charge is 0.262 e. The number of hydrogen-bond donors (Lipinski definition) is 2. The number of amides is 3. The van der Waals surface area contributed by atoms with Gasteiger partial charge in [-0.1, -0.05) is 12.1 Å². The third-order valence-corrected chi connectivity index (χ3v) is 6.95. The number of anilines is 2. The normalized spacial score (nSPS) is 18.1. The van der Waals surface area contributed by atoms with Gasteiger partial charge in [-0.25, -0.2) is 0 Å². The van der Waals surface area contributed by atoms with Crippen LogP contribution in [0.15, 0.2) is 42.5 Å². The molecule has 2 fully saturated rings. The van der Waals surface area contributed by atoms with Crippen molar-refractivity contribution in [2.75, 3.05) is 62.8 Å². The molecule has 1 atom stereocenters. The Hall–Kier alpha value is -3.43. The van der Waals surface area contributed by atoms with Crippen molar-refractivity contribution >= 4 is 29.1 Å². The Morgan fingerprint density at radius 3 is 2.59 bits per heavy atom. The first-order chi connectivity index (χ1) is 17.9. The monoisotopic (exact) mass is 508 g/mol. The molecule has 2 aromatic carbocycles. The number of benzene rings is 2. The van der Waals surface area contributed by atoms with Gasteiger partial charge in [0.05, 0.1) is 19.1 Å². The maximum Gasteiger partial charge on any atom is 0.262 e. The fraction of sp³-hybridized carbons (Fsp3) is 0.464. The molecule has 0 bridgehead atoms. The molecule has 2 aliphatic heterocycles. The Labute approximate surface area is 218 Å². The molecule has 0 aliphatic carbocycles. The van der Waals surface area contributed by atoms with Gasteiger partial charge in [-0.3, -0.25) is 19.3 Å². The first-order valence-electron chi connectivity index (χ1n) is 12.9. The van der Waals surface area contributed by atoms with E-state index in [4.69, 9.17) is 9.47 Å². The zero-order valence-electron chi connectivity index (χ0n) is 21.6. The lowest BCUT2D eigenvalue weighted by atomic mass is 10.1. The van der Waals surface area contributed by atoms with Crippen LogP contribution in [0, 0.1) is 19.8 Å². The van der Waals surface area contributed by atoms with Crippen molar-refractivity contribution in [3.8, 4) is 5.75 Å². The quantitative estimate of drug-likeness (QED) is 0.479. The molecule has 2 saturated heterocycles. The summed E-state index contributed by atoms with van der Waals surface area (Å²) in [5, 5.41) is 5.85. The van der Waals surface area contributed by atoms with E-state index in [1.165, 1.54) is 0 Å². The number of aryl methyl sites for hydroxylation is 1. The number of carbonyl (C=O) groups is 3. The number of nitrogens with zero attached hydrogens (tertiary/aromatic N) is 2. The van der Waals surface area contributed by atoms with Gasteiger partial charge in [0.1, 0.15) is 5.75 Å². The van der Waals surface area contributed by atoms with Crippen LogP contribution in [0.3, 0.4) is 0 Å². The average Bonchev–Trinajstić information content (AvgIpc) is 3.30. The lowest BCUT2D eigenvalue weighted by Crippen LogP contribution is -2.39. The van der Waals surface area contributed by atoms with Crippen LogP contribution in [-0.2, 0) is 19.1 Å². The minimum Gasteiger partial charge on any atom is -0.484 e. The van der Waals surface area contributed by atoms with E-state index in [2.05, 4.69) is 15.5 Å². The Balaban J connectivity index is 1.20. The molecule has 0 aromatic heterocycles. The Kier molecular flexibility index (Phi) is 9.14. The molecule has 3 amide bonds. The van der Waals surface area contributed by atoms with Crippen molar-refractivity contribution in [3.63, 3.8) is 0 Å². The highest BCUT2D eigenvalue weighted by Crippen LogP contribution is 2.27. The maximum absolute atomic E-state index is 12.6. The molecule has 2 aliphatic rings. The number of hydrogen-bond acceptors (Lipinski definition) is 6. The van der Waals surface area contributed by atoms with Crippen LogP contribution < -0.4 is 20.3 Å². The van der Waals surface area contributed by atoms with E-state index in [0.717, 1.165) is 56.1 Å². The van der Waals surface area contributed by atoms with Gasteiger partial charge in [0.2, 0.25) is 11.8 Å². The van der Waals surface area contributed by atoms with Crippen LogP contribution in [0.1, 0.15) is 24.0 Å². The third kappa shape index (κ3) is 7.30. The molecule has 0 spiro atoms. The summed E-state index contributed by atoms with van der Waals surface area (Å²) in [5.41, 5.74) is 3.61. The fourth-order valence-corrected chi connectivity index (χ4v) is 4.56. The van der Waals surface area contributed by atoms with E-state index in [1.807, 2.05) is 32.0 Å². The minimum absolute atomic E-state index is 0.0740. The Morgan fingerprint density at radius 2 is 1.84 bits per heavy atom. The van der Waals surface area contributed by atoms with Gasteiger partial charge < -0.3 is 25.0 Å². The van der Waals surface area contributed by atoms with E-state index in [1.54, 1.807) is 29.2 Å². The van der Waals surface area contributed by atoms with Crippen molar-refractivity contribution in [1.82, 2.24) is 10.2 Å². The highest BCUT2D eigenvalue weighted by atomic mass is 16.5. The summed E-state index contributed by atoms with van der Waals surface area (Å²) in [5.74, 6) is -0.226. The van der Waals surface area contributed by atoms with E-state index in [-0.39, 0.29) is 36.7 Å². The number of morpholine rings is 1. The second-order valence-electron chi connectivity index (χ2n) is 9.58. The van der Waals surface area contributed by atoms with Gasteiger partial charge in [-0.05, 0) is 68.3 Å². The van der Waals surface area contributed by atoms with E-state index in [0.29, 0.717) is 24.5 Å². The molecule has 2 aromatic rings. The van der Waals surface area contributed by atoms with Gasteiger partial charge in [0.15, 0.2) is 6.61 Å². The van der Waals surface area contributed by atoms with Crippen LogP contribution in [0.25, 0.3) is 0 Å². The van der Waals surface area contributed by atoms with Crippen LogP contribution in [0.5, 0.6) is 5.75 Å². The van der Waals surface area contributed by atoms with Gasteiger partial charge in [0, 0.05) is 44.0 Å². The SMILES string of the molecule is Cc1cccc(NC(=O)COc2ccc(N3C[C@@H](C(=O)NCCCN4CCOCC4)CC3=O)cc2)c1C. The molecular formula is C28H36N4O5. The minimum atomic E-state index is -0.361. The molecule has 0 saturated carbocycles. The topological polar surface area (TPSA) is 100 Å². The summed E-state index contributed by atoms with van der Waals surface area (Å²) in [6, 6.07) is 12.8. The second-order valence-corrected chi connectivity index (χ2v) is 9.58. The highest BCUT2D eigenvalue weighted by Gasteiger charge is 2.35.